The third kappa shape index (κ3) is 3.01. The lowest BCUT2D eigenvalue weighted by Gasteiger charge is -2.18. The van der Waals surface area contributed by atoms with Gasteiger partial charge in [0.25, 0.3) is 0 Å². The highest BCUT2D eigenvalue weighted by molar-refractivity contribution is 7.07. The highest BCUT2D eigenvalue weighted by Crippen LogP contribution is 2.16. The summed E-state index contributed by atoms with van der Waals surface area (Å²) in [6, 6.07) is 3.99. The Hall–Kier alpha value is -1.46. The van der Waals surface area contributed by atoms with Crippen molar-refractivity contribution in [2.24, 2.45) is 5.73 Å². The van der Waals surface area contributed by atoms with Gasteiger partial charge < -0.3 is 10.6 Å². The highest BCUT2D eigenvalue weighted by atomic mass is 32.1. The van der Waals surface area contributed by atoms with Gasteiger partial charge in [0, 0.05) is 18.5 Å². The summed E-state index contributed by atoms with van der Waals surface area (Å²) in [5.41, 5.74) is 10.7. The Morgan fingerprint density at radius 1 is 1.41 bits per heavy atom. The lowest BCUT2D eigenvalue weighted by atomic mass is 10.2. The molecule has 0 unspecified atom stereocenters. The first-order valence-electron chi connectivity index (χ1n) is 5.46. The van der Waals surface area contributed by atoms with E-state index in [0.29, 0.717) is 0 Å². The number of anilines is 1. The zero-order chi connectivity index (χ0) is 12.3. The van der Waals surface area contributed by atoms with Crippen LogP contribution in [0, 0.1) is 0 Å². The Bertz CT molecular complexity index is 450. The van der Waals surface area contributed by atoms with Crippen LogP contribution in [0.5, 0.6) is 0 Å². The molecule has 0 bridgehead atoms. The van der Waals surface area contributed by atoms with Crippen LogP contribution in [0.25, 0.3) is 0 Å². The van der Waals surface area contributed by atoms with Crippen LogP contribution >= 0.6 is 11.3 Å². The summed E-state index contributed by atoms with van der Waals surface area (Å²) in [7, 11) is 2.03. The van der Waals surface area contributed by atoms with Gasteiger partial charge in [0.15, 0.2) is 0 Å². The molecule has 0 aromatic carbocycles. The summed E-state index contributed by atoms with van der Waals surface area (Å²) >= 11 is 1.61. The standard InChI is InChI=1S/C12H16N4S/c1-9(13)12-4-3-11(5-14-12)16(2)6-10-7-17-8-15-10/h3-5,7-9H,6,13H2,1-2H3/t9-/m1/s1. The van der Waals surface area contributed by atoms with Gasteiger partial charge in [0.2, 0.25) is 0 Å². The first-order chi connectivity index (χ1) is 8.16. The molecule has 0 aliphatic rings. The van der Waals surface area contributed by atoms with Crippen molar-refractivity contribution in [1.82, 2.24) is 9.97 Å². The van der Waals surface area contributed by atoms with E-state index in [1.165, 1.54) is 0 Å². The molecule has 2 heterocycles. The number of aromatic nitrogens is 2. The summed E-state index contributed by atoms with van der Waals surface area (Å²) in [6.45, 7) is 2.73. The van der Waals surface area contributed by atoms with Crippen LogP contribution in [-0.2, 0) is 6.54 Å². The van der Waals surface area contributed by atoms with Crippen LogP contribution in [-0.4, -0.2) is 17.0 Å². The van der Waals surface area contributed by atoms with E-state index in [9.17, 15) is 0 Å². The van der Waals surface area contributed by atoms with E-state index in [-0.39, 0.29) is 6.04 Å². The minimum atomic E-state index is -0.0205. The third-order valence-electron chi connectivity index (χ3n) is 2.56. The molecule has 5 heteroatoms. The Morgan fingerprint density at radius 2 is 2.24 bits per heavy atom. The maximum Gasteiger partial charge on any atom is 0.0795 e. The minimum absolute atomic E-state index is 0.0205. The van der Waals surface area contributed by atoms with E-state index in [1.54, 1.807) is 11.3 Å². The average molecular weight is 248 g/mol. The van der Waals surface area contributed by atoms with Crippen LogP contribution in [0.4, 0.5) is 5.69 Å². The fraction of sp³-hybridized carbons (Fsp3) is 0.333. The second-order valence-electron chi connectivity index (χ2n) is 4.07. The van der Waals surface area contributed by atoms with Gasteiger partial charge in [0.05, 0.1) is 35.3 Å². The molecule has 17 heavy (non-hydrogen) atoms. The number of hydrogen-bond acceptors (Lipinski definition) is 5. The predicted molar refractivity (Wildman–Crippen MR) is 71.1 cm³/mol. The van der Waals surface area contributed by atoms with Gasteiger partial charge in [-0.1, -0.05) is 0 Å². The van der Waals surface area contributed by atoms with Crippen LogP contribution in [0.15, 0.2) is 29.2 Å². The molecular weight excluding hydrogens is 232 g/mol. The van der Waals surface area contributed by atoms with Crippen molar-refractivity contribution < 1.29 is 0 Å². The van der Waals surface area contributed by atoms with E-state index in [4.69, 9.17) is 5.73 Å². The number of rotatable bonds is 4. The van der Waals surface area contributed by atoms with E-state index in [2.05, 4.69) is 20.2 Å². The maximum atomic E-state index is 5.76. The van der Waals surface area contributed by atoms with Crippen molar-refractivity contribution in [3.63, 3.8) is 0 Å². The van der Waals surface area contributed by atoms with Crippen molar-refractivity contribution in [2.45, 2.75) is 19.5 Å². The summed E-state index contributed by atoms with van der Waals surface area (Å²) in [6.07, 6.45) is 1.85. The molecule has 0 spiro atoms. The molecule has 0 radical (unpaired) electrons. The molecule has 2 aromatic rings. The minimum Gasteiger partial charge on any atom is -0.367 e. The molecule has 2 N–H and O–H groups in total. The van der Waals surface area contributed by atoms with Crippen LogP contribution in [0.2, 0.25) is 0 Å². The topological polar surface area (TPSA) is 55.0 Å². The lowest BCUT2D eigenvalue weighted by Crippen LogP contribution is -2.17. The average Bonchev–Trinajstić information content (AvgIpc) is 2.82. The quantitative estimate of drug-likeness (QED) is 0.901. The number of nitrogens with zero attached hydrogens (tertiary/aromatic N) is 3. The largest absolute Gasteiger partial charge is 0.367 e. The van der Waals surface area contributed by atoms with Gasteiger partial charge in [-0.2, -0.15) is 0 Å². The molecule has 0 aliphatic heterocycles. The molecule has 0 fully saturated rings. The normalized spacial score (nSPS) is 12.4. The number of nitrogens with two attached hydrogens (primary N) is 1. The van der Waals surface area contributed by atoms with E-state index in [0.717, 1.165) is 23.6 Å². The molecule has 2 aromatic heterocycles. The third-order valence-corrected chi connectivity index (χ3v) is 3.20. The van der Waals surface area contributed by atoms with Crippen molar-refractivity contribution >= 4 is 17.0 Å². The van der Waals surface area contributed by atoms with Gasteiger partial charge in [-0.05, 0) is 19.1 Å². The Kier molecular flexibility index (Phi) is 3.71. The smallest absolute Gasteiger partial charge is 0.0795 e. The summed E-state index contributed by atoms with van der Waals surface area (Å²) in [5.74, 6) is 0. The second-order valence-corrected chi connectivity index (χ2v) is 4.78. The number of hydrogen-bond donors (Lipinski definition) is 1. The maximum absolute atomic E-state index is 5.76. The van der Waals surface area contributed by atoms with E-state index >= 15 is 0 Å². The fourth-order valence-electron chi connectivity index (χ4n) is 1.54. The Labute approximate surface area is 105 Å². The SMILES string of the molecule is C[C@@H](N)c1ccc(N(C)Cc2cscn2)cn1. The molecule has 1 atom stereocenters. The summed E-state index contributed by atoms with van der Waals surface area (Å²) in [4.78, 5) is 10.7. The fourth-order valence-corrected chi connectivity index (χ4v) is 2.09. The molecule has 90 valence electrons. The summed E-state index contributed by atoms with van der Waals surface area (Å²) in [5, 5.41) is 2.06. The molecule has 0 amide bonds. The Morgan fingerprint density at radius 3 is 2.76 bits per heavy atom. The van der Waals surface area contributed by atoms with E-state index in [1.807, 2.05) is 37.8 Å². The molecule has 0 saturated heterocycles. The van der Waals surface area contributed by atoms with Crippen molar-refractivity contribution in [3.8, 4) is 0 Å². The van der Waals surface area contributed by atoms with Crippen LogP contribution < -0.4 is 10.6 Å². The van der Waals surface area contributed by atoms with Gasteiger partial charge in [-0.3, -0.25) is 4.98 Å². The zero-order valence-electron chi connectivity index (χ0n) is 10.00. The lowest BCUT2D eigenvalue weighted by molar-refractivity contribution is 0.778. The second kappa shape index (κ2) is 5.25. The van der Waals surface area contributed by atoms with Gasteiger partial charge >= 0.3 is 0 Å². The van der Waals surface area contributed by atoms with Crippen LogP contribution in [0.3, 0.4) is 0 Å². The van der Waals surface area contributed by atoms with Gasteiger partial charge in [-0.15, -0.1) is 11.3 Å². The number of thiazole rings is 1. The number of pyridine rings is 1. The van der Waals surface area contributed by atoms with E-state index < -0.39 is 0 Å². The van der Waals surface area contributed by atoms with Crippen molar-refractivity contribution in [1.29, 1.82) is 0 Å². The van der Waals surface area contributed by atoms with Crippen LogP contribution in [0.1, 0.15) is 24.4 Å². The van der Waals surface area contributed by atoms with Gasteiger partial charge in [-0.25, -0.2) is 4.98 Å². The first kappa shape index (κ1) is 12.0. The molecular formula is C12H16N4S. The summed E-state index contributed by atoms with van der Waals surface area (Å²) < 4.78 is 0. The monoisotopic (exact) mass is 248 g/mol. The van der Waals surface area contributed by atoms with Crippen molar-refractivity contribution in [3.05, 3.63) is 40.6 Å². The first-order valence-corrected chi connectivity index (χ1v) is 6.41. The zero-order valence-corrected chi connectivity index (χ0v) is 10.8. The van der Waals surface area contributed by atoms with Gasteiger partial charge in [0.1, 0.15) is 0 Å². The molecule has 4 nitrogen and oxygen atoms in total. The Balaban J connectivity index is 2.06. The van der Waals surface area contributed by atoms with Crippen molar-refractivity contribution in [2.75, 3.05) is 11.9 Å². The molecule has 0 saturated carbocycles. The molecule has 0 aliphatic carbocycles. The molecule has 2 rings (SSSR count). The highest BCUT2D eigenvalue weighted by Gasteiger charge is 2.05. The predicted octanol–water partition coefficient (Wildman–Crippen LogP) is 2.19.